The maximum Gasteiger partial charge on any atom is 0.306 e. The van der Waals surface area contributed by atoms with Crippen molar-refractivity contribution in [2.24, 2.45) is 5.92 Å². The van der Waals surface area contributed by atoms with Gasteiger partial charge < -0.3 is 14.3 Å². The highest BCUT2D eigenvalue weighted by atomic mass is 16.5. The van der Waals surface area contributed by atoms with Crippen molar-refractivity contribution in [1.29, 1.82) is 0 Å². The number of ether oxygens (including phenoxy) is 1. The van der Waals surface area contributed by atoms with E-state index in [0.717, 1.165) is 47.4 Å². The van der Waals surface area contributed by atoms with Gasteiger partial charge in [-0.3, -0.25) is 14.8 Å². The van der Waals surface area contributed by atoms with Crippen LogP contribution in [0.2, 0.25) is 0 Å². The van der Waals surface area contributed by atoms with Crippen LogP contribution in [0.25, 0.3) is 22.2 Å². The van der Waals surface area contributed by atoms with Crippen molar-refractivity contribution in [3.63, 3.8) is 0 Å². The number of furan rings is 1. The zero-order valence-electron chi connectivity index (χ0n) is 16.8. The van der Waals surface area contributed by atoms with Crippen LogP contribution in [-0.4, -0.2) is 44.2 Å². The number of carbonyl (C=O) groups is 1. The summed E-state index contributed by atoms with van der Waals surface area (Å²) in [7, 11) is 0. The molecule has 1 aromatic carbocycles. The molecule has 8 nitrogen and oxygen atoms in total. The first-order valence-corrected chi connectivity index (χ1v) is 10.2. The molecule has 1 aliphatic heterocycles. The number of piperidine rings is 1. The second-order valence-corrected chi connectivity index (χ2v) is 7.77. The van der Waals surface area contributed by atoms with Gasteiger partial charge in [-0.25, -0.2) is 4.98 Å². The first-order chi connectivity index (χ1) is 15.2. The van der Waals surface area contributed by atoms with Gasteiger partial charge in [-0.15, -0.1) is 0 Å². The molecule has 8 heteroatoms. The SMILES string of the molecule is O=C(O)C1CCN(Cc2coc3cc(Oc4ccc(-c5ccn[nH]5)cn4)ccc23)CC1. The molecule has 1 aliphatic rings. The van der Waals surface area contributed by atoms with Crippen molar-refractivity contribution in [1.82, 2.24) is 20.1 Å². The Bertz CT molecular complexity index is 1180. The lowest BCUT2D eigenvalue weighted by atomic mass is 9.97. The third kappa shape index (κ3) is 4.15. The molecule has 4 aromatic rings. The third-order valence-corrected chi connectivity index (χ3v) is 5.73. The molecule has 158 valence electrons. The standard InChI is InChI=1S/C23H22N4O4/c28-23(29)15-6-9-27(10-7-15)13-17-14-30-21-11-18(2-3-19(17)21)31-22-4-1-16(12-24-22)20-5-8-25-26-20/h1-5,8,11-12,14-15H,6-7,9-10,13H2,(H,25,26)(H,28,29). The molecule has 1 saturated heterocycles. The molecular weight excluding hydrogens is 396 g/mol. The summed E-state index contributed by atoms with van der Waals surface area (Å²) in [6.07, 6.45) is 6.59. The van der Waals surface area contributed by atoms with Crippen LogP contribution in [0.3, 0.4) is 0 Å². The van der Waals surface area contributed by atoms with Gasteiger partial charge in [0.15, 0.2) is 0 Å². The van der Waals surface area contributed by atoms with E-state index in [0.29, 0.717) is 24.5 Å². The average molecular weight is 418 g/mol. The fourth-order valence-corrected chi connectivity index (χ4v) is 3.97. The van der Waals surface area contributed by atoms with Crippen LogP contribution in [0.4, 0.5) is 0 Å². The number of hydrogen-bond acceptors (Lipinski definition) is 6. The molecule has 0 bridgehead atoms. The Balaban J connectivity index is 1.26. The number of hydrogen-bond donors (Lipinski definition) is 2. The van der Waals surface area contributed by atoms with E-state index in [1.807, 2.05) is 36.4 Å². The van der Waals surface area contributed by atoms with Gasteiger partial charge in [0.25, 0.3) is 0 Å². The van der Waals surface area contributed by atoms with Gasteiger partial charge in [-0.05, 0) is 50.2 Å². The summed E-state index contributed by atoms with van der Waals surface area (Å²) in [6.45, 7) is 2.31. The molecule has 0 atom stereocenters. The highest BCUT2D eigenvalue weighted by Crippen LogP contribution is 2.30. The highest BCUT2D eigenvalue weighted by molar-refractivity contribution is 5.82. The maximum atomic E-state index is 11.1. The van der Waals surface area contributed by atoms with Crippen LogP contribution in [0.5, 0.6) is 11.6 Å². The van der Waals surface area contributed by atoms with E-state index in [4.69, 9.17) is 14.3 Å². The molecule has 31 heavy (non-hydrogen) atoms. The molecular formula is C23H22N4O4. The summed E-state index contributed by atoms with van der Waals surface area (Å²) in [6, 6.07) is 11.4. The first kappa shape index (κ1) is 19.3. The van der Waals surface area contributed by atoms with Gasteiger partial charge >= 0.3 is 5.97 Å². The van der Waals surface area contributed by atoms with Crippen LogP contribution >= 0.6 is 0 Å². The van der Waals surface area contributed by atoms with Gasteiger partial charge in [0, 0.05) is 47.6 Å². The number of aromatic amines is 1. The molecule has 2 N–H and O–H groups in total. The average Bonchev–Trinajstić information content (AvgIpc) is 3.45. The van der Waals surface area contributed by atoms with Crippen LogP contribution < -0.4 is 4.74 Å². The molecule has 4 heterocycles. The summed E-state index contributed by atoms with van der Waals surface area (Å²) in [5.41, 5.74) is 3.68. The van der Waals surface area contributed by atoms with E-state index in [1.165, 1.54) is 0 Å². The number of benzene rings is 1. The normalized spacial score (nSPS) is 15.4. The number of nitrogens with one attached hydrogen (secondary N) is 1. The number of pyridine rings is 1. The van der Waals surface area contributed by atoms with Crippen LogP contribution in [0.15, 0.2) is 59.5 Å². The van der Waals surface area contributed by atoms with Crippen molar-refractivity contribution in [2.75, 3.05) is 13.1 Å². The van der Waals surface area contributed by atoms with E-state index in [1.54, 1.807) is 18.7 Å². The lowest BCUT2D eigenvalue weighted by molar-refractivity contribution is -0.143. The molecule has 5 rings (SSSR count). The lowest BCUT2D eigenvalue weighted by Crippen LogP contribution is -2.35. The number of aliphatic carboxylic acids is 1. The monoisotopic (exact) mass is 418 g/mol. The summed E-state index contributed by atoms with van der Waals surface area (Å²) in [5, 5.41) is 17.0. The lowest BCUT2D eigenvalue weighted by Gasteiger charge is -2.29. The minimum atomic E-state index is -0.689. The summed E-state index contributed by atoms with van der Waals surface area (Å²) >= 11 is 0. The number of rotatable bonds is 6. The van der Waals surface area contributed by atoms with Crippen LogP contribution in [0, 0.1) is 5.92 Å². The Morgan fingerprint density at radius 1 is 1.23 bits per heavy atom. The molecule has 3 aromatic heterocycles. The smallest absolute Gasteiger partial charge is 0.306 e. The number of H-pyrrole nitrogens is 1. The van der Waals surface area contributed by atoms with E-state index in [2.05, 4.69) is 20.1 Å². The predicted molar refractivity (Wildman–Crippen MR) is 114 cm³/mol. The van der Waals surface area contributed by atoms with Gasteiger partial charge in [0.2, 0.25) is 5.88 Å². The summed E-state index contributed by atoms with van der Waals surface area (Å²) in [4.78, 5) is 17.8. The highest BCUT2D eigenvalue weighted by Gasteiger charge is 2.25. The van der Waals surface area contributed by atoms with Gasteiger partial charge in [0.05, 0.1) is 17.9 Å². The van der Waals surface area contributed by atoms with Crippen molar-refractivity contribution >= 4 is 16.9 Å². The number of carboxylic acids is 1. The largest absolute Gasteiger partial charge is 0.481 e. The minimum Gasteiger partial charge on any atom is -0.481 e. The zero-order chi connectivity index (χ0) is 21.2. The Hall–Kier alpha value is -3.65. The molecule has 0 amide bonds. The topological polar surface area (TPSA) is 104 Å². The van der Waals surface area contributed by atoms with Crippen LogP contribution in [-0.2, 0) is 11.3 Å². The Labute approximate surface area is 178 Å². The summed E-state index contributed by atoms with van der Waals surface area (Å²) < 4.78 is 11.7. The van der Waals surface area contributed by atoms with Crippen LogP contribution in [0.1, 0.15) is 18.4 Å². The maximum absolute atomic E-state index is 11.1. The fraction of sp³-hybridized carbons (Fsp3) is 0.261. The van der Waals surface area contributed by atoms with Gasteiger partial charge in [-0.1, -0.05) is 0 Å². The molecule has 0 spiro atoms. The Kier molecular flexibility index (Phi) is 5.13. The quantitative estimate of drug-likeness (QED) is 0.481. The predicted octanol–water partition coefficient (Wildman–Crippen LogP) is 4.31. The molecule has 0 unspecified atom stereocenters. The summed E-state index contributed by atoms with van der Waals surface area (Å²) in [5.74, 6) is 0.235. The molecule has 0 radical (unpaired) electrons. The molecule has 1 fully saturated rings. The van der Waals surface area contributed by atoms with E-state index < -0.39 is 5.97 Å². The number of likely N-dealkylation sites (tertiary alicyclic amines) is 1. The Morgan fingerprint density at radius 2 is 2.10 bits per heavy atom. The van der Waals surface area contributed by atoms with Gasteiger partial charge in [0.1, 0.15) is 11.3 Å². The van der Waals surface area contributed by atoms with E-state index in [-0.39, 0.29) is 5.92 Å². The van der Waals surface area contributed by atoms with E-state index >= 15 is 0 Å². The van der Waals surface area contributed by atoms with Crippen molar-refractivity contribution < 1.29 is 19.1 Å². The number of fused-ring (bicyclic) bond motifs is 1. The Morgan fingerprint density at radius 3 is 2.81 bits per heavy atom. The number of carboxylic acid groups (broad SMARTS) is 1. The zero-order valence-corrected chi connectivity index (χ0v) is 16.8. The number of aromatic nitrogens is 3. The minimum absolute atomic E-state index is 0.223. The fourth-order valence-electron chi connectivity index (χ4n) is 3.97. The molecule has 0 saturated carbocycles. The number of nitrogens with zero attached hydrogens (tertiary/aromatic N) is 3. The first-order valence-electron chi connectivity index (χ1n) is 10.2. The third-order valence-electron chi connectivity index (χ3n) is 5.73. The molecule has 0 aliphatic carbocycles. The van der Waals surface area contributed by atoms with Crippen molar-refractivity contribution in [3.05, 3.63) is 60.6 Å². The second-order valence-electron chi connectivity index (χ2n) is 7.77. The van der Waals surface area contributed by atoms with Gasteiger partial charge in [-0.2, -0.15) is 5.10 Å². The van der Waals surface area contributed by atoms with E-state index in [9.17, 15) is 4.79 Å². The van der Waals surface area contributed by atoms with Crippen molar-refractivity contribution in [2.45, 2.75) is 19.4 Å². The van der Waals surface area contributed by atoms with Crippen molar-refractivity contribution in [3.8, 4) is 22.9 Å². The second kappa shape index (κ2) is 8.23.